The van der Waals surface area contributed by atoms with Crippen LogP contribution in [-0.4, -0.2) is 33.4 Å². The fourth-order valence-electron chi connectivity index (χ4n) is 4.71. The van der Waals surface area contributed by atoms with Crippen molar-refractivity contribution in [1.82, 2.24) is 14.9 Å². The van der Waals surface area contributed by atoms with Crippen molar-refractivity contribution in [1.29, 1.82) is 0 Å². The Morgan fingerprint density at radius 1 is 1.38 bits per heavy atom. The number of carbonyl (C=O) groups is 1. The Labute approximate surface area is 126 Å². The Bertz CT molecular complexity index is 552. The van der Waals surface area contributed by atoms with Crippen LogP contribution in [0.5, 0.6) is 0 Å². The Kier molecular flexibility index (Phi) is 2.92. The first-order valence-electron chi connectivity index (χ1n) is 8.47. The van der Waals surface area contributed by atoms with E-state index in [1.165, 1.54) is 38.5 Å². The van der Waals surface area contributed by atoms with E-state index in [9.17, 15) is 4.79 Å². The predicted molar refractivity (Wildman–Crippen MR) is 81.1 cm³/mol. The molecule has 0 unspecified atom stereocenters. The SMILES string of the molecule is CC(C)[C@@H]1N(C(=O)c2cnc(C3CC3)[nH]2)CC12CCCC2. The molecule has 4 heteroatoms. The molecule has 1 aromatic heterocycles. The lowest BCUT2D eigenvalue weighted by atomic mass is 9.66. The molecule has 21 heavy (non-hydrogen) atoms. The minimum Gasteiger partial charge on any atom is -0.338 e. The van der Waals surface area contributed by atoms with Gasteiger partial charge >= 0.3 is 0 Å². The lowest BCUT2D eigenvalue weighted by Crippen LogP contribution is -2.67. The highest BCUT2D eigenvalue weighted by molar-refractivity contribution is 5.93. The van der Waals surface area contributed by atoms with Gasteiger partial charge in [0.15, 0.2) is 0 Å². The second-order valence-electron chi connectivity index (χ2n) is 7.65. The number of hydrogen-bond donors (Lipinski definition) is 1. The highest BCUT2D eigenvalue weighted by Crippen LogP contribution is 2.53. The molecule has 2 saturated carbocycles. The number of rotatable bonds is 3. The number of aromatic amines is 1. The summed E-state index contributed by atoms with van der Waals surface area (Å²) in [6.45, 7) is 5.46. The summed E-state index contributed by atoms with van der Waals surface area (Å²) in [6.07, 6.45) is 9.44. The second kappa shape index (κ2) is 4.59. The molecule has 2 aliphatic carbocycles. The van der Waals surface area contributed by atoms with E-state index >= 15 is 0 Å². The van der Waals surface area contributed by atoms with Crippen molar-refractivity contribution in [2.45, 2.75) is 64.3 Å². The van der Waals surface area contributed by atoms with Gasteiger partial charge in [-0.15, -0.1) is 0 Å². The summed E-state index contributed by atoms with van der Waals surface area (Å²) >= 11 is 0. The summed E-state index contributed by atoms with van der Waals surface area (Å²) in [5.41, 5.74) is 1.11. The zero-order valence-corrected chi connectivity index (χ0v) is 13.1. The lowest BCUT2D eigenvalue weighted by Gasteiger charge is -2.58. The number of H-pyrrole nitrogens is 1. The maximum Gasteiger partial charge on any atom is 0.272 e. The van der Waals surface area contributed by atoms with Gasteiger partial charge in [-0.3, -0.25) is 4.79 Å². The van der Waals surface area contributed by atoms with Gasteiger partial charge in [0.25, 0.3) is 5.91 Å². The molecule has 0 bridgehead atoms. The summed E-state index contributed by atoms with van der Waals surface area (Å²) < 4.78 is 0. The number of nitrogens with zero attached hydrogens (tertiary/aromatic N) is 2. The van der Waals surface area contributed by atoms with Gasteiger partial charge in [0.05, 0.1) is 6.20 Å². The molecule has 4 rings (SSSR count). The summed E-state index contributed by atoms with van der Waals surface area (Å²) in [6, 6.07) is 0.417. The maximum atomic E-state index is 12.8. The van der Waals surface area contributed by atoms with Crippen molar-refractivity contribution in [2.75, 3.05) is 6.54 Å². The van der Waals surface area contributed by atoms with Gasteiger partial charge in [-0.05, 0) is 31.6 Å². The maximum absolute atomic E-state index is 12.8. The van der Waals surface area contributed by atoms with Crippen LogP contribution in [0.1, 0.15) is 74.6 Å². The van der Waals surface area contributed by atoms with E-state index in [0.717, 1.165) is 12.4 Å². The molecule has 4 nitrogen and oxygen atoms in total. The van der Waals surface area contributed by atoms with Gasteiger partial charge in [-0.25, -0.2) is 4.98 Å². The van der Waals surface area contributed by atoms with Crippen LogP contribution in [0.15, 0.2) is 6.20 Å². The third kappa shape index (κ3) is 2.02. The van der Waals surface area contributed by atoms with Crippen molar-refractivity contribution in [2.24, 2.45) is 11.3 Å². The molecular weight excluding hydrogens is 262 g/mol. The molecule has 114 valence electrons. The number of carbonyl (C=O) groups excluding carboxylic acids is 1. The van der Waals surface area contributed by atoms with Crippen molar-refractivity contribution < 1.29 is 4.79 Å². The molecule has 1 amide bonds. The topological polar surface area (TPSA) is 49.0 Å². The van der Waals surface area contributed by atoms with Crippen LogP contribution in [-0.2, 0) is 0 Å². The molecule has 1 aromatic rings. The molecule has 1 saturated heterocycles. The third-order valence-corrected chi connectivity index (χ3v) is 5.73. The highest BCUT2D eigenvalue weighted by atomic mass is 16.2. The van der Waals surface area contributed by atoms with Crippen molar-refractivity contribution in [3.8, 4) is 0 Å². The smallest absolute Gasteiger partial charge is 0.272 e. The Balaban J connectivity index is 1.53. The molecular formula is C17H25N3O. The van der Waals surface area contributed by atoms with E-state index in [1.54, 1.807) is 6.20 Å². The molecule has 1 spiro atoms. The zero-order valence-electron chi connectivity index (χ0n) is 13.1. The van der Waals surface area contributed by atoms with E-state index in [0.29, 0.717) is 29.0 Å². The van der Waals surface area contributed by atoms with E-state index in [2.05, 4.69) is 28.7 Å². The average Bonchev–Trinajstić information content (AvgIpc) is 2.97. The average molecular weight is 287 g/mol. The van der Waals surface area contributed by atoms with Gasteiger partial charge < -0.3 is 9.88 Å². The standard InChI is InChI=1S/C17H25N3O/c1-11(2)14-17(7-3-4-8-17)10-20(14)16(21)13-9-18-15(19-13)12-5-6-12/h9,11-12,14H,3-8,10H2,1-2H3,(H,18,19)/t14-/m0/s1. The second-order valence-corrected chi connectivity index (χ2v) is 7.65. The number of imidazole rings is 1. The predicted octanol–water partition coefficient (Wildman–Crippen LogP) is 3.33. The first kappa shape index (κ1) is 13.4. The third-order valence-electron chi connectivity index (χ3n) is 5.73. The molecule has 1 N–H and O–H groups in total. The Morgan fingerprint density at radius 3 is 2.71 bits per heavy atom. The van der Waals surface area contributed by atoms with Crippen LogP contribution in [0.4, 0.5) is 0 Å². The van der Waals surface area contributed by atoms with Crippen LogP contribution in [0.25, 0.3) is 0 Å². The molecule has 3 fully saturated rings. The van der Waals surface area contributed by atoms with Gasteiger partial charge in [-0.2, -0.15) is 0 Å². The monoisotopic (exact) mass is 287 g/mol. The quantitative estimate of drug-likeness (QED) is 0.927. The zero-order chi connectivity index (χ0) is 14.6. The summed E-state index contributed by atoms with van der Waals surface area (Å²) in [5.74, 6) is 2.28. The first-order valence-corrected chi connectivity index (χ1v) is 8.47. The largest absolute Gasteiger partial charge is 0.338 e. The number of hydrogen-bond acceptors (Lipinski definition) is 2. The number of likely N-dealkylation sites (tertiary alicyclic amines) is 1. The van der Waals surface area contributed by atoms with Gasteiger partial charge in [0.2, 0.25) is 0 Å². The minimum absolute atomic E-state index is 0.158. The molecule has 3 aliphatic rings. The number of aromatic nitrogens is 2. The number of amides is 1. The van der Waals surface area contributed by atoms with Crippen LogP contribution >= 0.6 is 0 Å². The molecule has 0 aromatic carbocycles. The fourth-order valence-corrected chi connectivity index (χ4v) is 4.71. The highest BCUT2D eigenvalue weighted by Gasteiger charge is 2.56. The van der Waals surface area contributed by atoms with Crippen LogP contribution in [0.3, 0.4) is 0 Å². The fraction of sp³-hybridized carbons (Fsp3) is 0.765. The van der Waals surface area contributed by atoms with Gasteiger partial charge in [0, 0.05) is 23.9 Å². The molecule has 1 atom stereocenters. The molecule has 0 radical (unpaired) electrons. The lowest BCUT2D eigenvalue weighted by molar-refractivity contribution is -0.0704. The molecule has 2 heterocycles. The Hall–Kier alpha value is -1.32. The van der Waals surface area contributed by atoms with Crippen molar-refractivity contribution in [3.05, 3.63) is 17.7 Å². The molecule has 1 aliphatic heterocycles. The van der Waals surface area contributed by atoms with E-state index < -0.39 is 0 Å². The summed E-state index contributed by atoms with van der Waals surface area (Å²) in [7, 11) is 0. The van der Waals surface area contributed by atoms with Crippen molar-refractivity contribution >= 4 is 5.91 Å². The van der Waals surface area contributed by atoms with Crippen LogP contribution in [0.2, 0.25) is 0 Å². The minimum atomic E-state index is 0.158. The Morgan fingerprint density at radius 2 is 2.10 bits per heavy atom. The van der Waals surface area contributed by atoms with Crippen molar-refractivity contribution in [3.63, 3.8) is 0 Å². The number of nitrogens with one attached hydrogen (secondary N) is 1. The van der Waals surface area contributed by atoms with E-state index in [-0.39, 0.29) is 5.91 Å². The van der Waals surface area contributed by atoms with E-state index in [1.807, 2.05) is 0 Å². The first-order chi connectivity index (χ1) is 10.1. The van der Waals surface area contributed by atoms with Gasteiger partial charge in [0.1, 0.15) is 11.5 Å². The van der Waals surface area contributed by atoms with Crippen LogP contribution < -0.4 is 0 Å². The summed E-state index contributed by atoms with van der Waals surface area (Å²) in [5, 5.41) is 0. The summed E-state index contributed by atoms with van der Waals surface area (Å²) in [4.78, 5) is 22.5. The van der Waals surface area contributed by atoms with E-state index in [4.69, 9.17) is 0 Å². The van der Waals surface area contributed by atoms with Crippen LogP contribution in [0, 0.1) is 11.3 Å². The van der Waals surface area contributed by atoms with Gasteiger partial charge in [-0.1, -0.05) is 26.7 Å². The normalized spacial score (nSPS) is 27.4.